The maximum Gasteiger partial charge on any atom is 0.226 e. The van der Waals surface area contributed by atoms with Gasteiger partial charge in [0.15, 0.2) is 0 Å². The predicted molar refractivity (Wildman–Crippen MR) is 76.6 cm³/mol. The van der Waals surface area contributed by atoms with E-state index in [9.17, 15) is 0 Å². The van der Waals surface area contributed by atoms with Crippen LogP contribution >= 0.6 is 15.9 Å². The topological polar surface area (TPSA) is 83.4 Å². The summed E-state index contributed by atoms with van der Waals surface area (Å²) in [7, 11) is 1.61. The molecule has 1 aromatic carbocycles. The molecule has 6 heteroatoms. The number of ether oxygens (including phenoxy) is 2. The van der Waals surface area contributed by atoms with Crippen LogP contribution in [0.15, 0.2) is 22.7 Å². The van der Waals surface area contributed by atoms with Gasteiger partial charge in [0.05, 0.1) is 11.6 Å². The molecule has 0 unspecified atom stereocenters. The van der Waals surface area contributed by atoms with E-state index >= 15 is 0 Å². The van der Waals surface area contributed by atoms with Crippen LogP contribution in [0.3, 0.4) is 0 Å². The van der Waals surface area contributed by atoms with Crippen LogP contribution in [0, 0.1) is 0 Å². The van der Waals surface area contributed by atoms with Gasteiger partial charge < -0.3 is 20.9 Å². The summed E-state index contributed by atoms with van der Waals surface area (Å²) < 4.78 is 11.9. The standard InChI is InChI=1S/C13H12BrN3O2/c1-18-11-5-10-6(3-8(11)14)2-7-9(15)4-12(16)17-13(7)19-10/h3-5H,2H2,1H3,(H4,15,16,17). The van der Waals surface area contributed by atoms with Crippen LogP contribution < -0.4 is 20.9 Å². The first kappa shape index (κ1) is 12.1. The molecule has 0 saturated carbocycles. The number of rotatable bonds is 1. The zero-order valence-electron chi connectivity index (χ0n) is 10.2. The quantitative estimate of drug-likeness (QED) is 0.720. The minimum atomic E-state index is 0.351. The normalized spacial score (nSPS) is 12.3. The summed E-state index contributed by atoms with van der Waals surface area (Å²) in [6.07, 6.45) is 0.659. The van der Waals surface area contributed by atoms with Gasteiger partial charge in [-0.2, -0.15) is 4.98 Å². The average molecular weight is 322 g/mol. The van der Waals surface area contributed by atoms with Crippen molar-refractivity contribution in [1.29, 1.82) is 0 Å². The van der Waals surface area contributed by atoms with Gasteiger partial charge in [-0.15, -0.1) is 0 Å². The first-order chi connectivity index (χ1) is 9.08. The maximum atomic E-state index is 5.96. The van der Waals surface area contributed by atoms with Gasteiger partial charge in [-0.3, -0.25) is 0 Å². The highest BCUT2D eigenvalue weighted by atomic mass is 79.9. The zero-order valence-corrected chi connectivity index (χ0v) is 11.8. The van der Waals surface area contributed by atoms with E-state index in [0.717, 1.165) is 15.6 Å². The van der Waals surface area contributed by atoms with Crippen LogP contribution in [-0.4, -0.2) is 12.1 Å². The Hall–Kier alpha value is -1.95. The number of aromatic nitrogens is 1. The van der Waals surface area contributed by atoms with Crippen LogP contribution in [0.1, 0.15) is 11.1 Å². The summed E-state index contributed by atoms with van der Waals surface area (Å²) in [6, 6.07) is 5.43. The lowest BCUT2D eigenvalue weighted by atomic mass is 10.0. The fraction of sp³-hybridized carbons (Fsp3) is 0.154. The molecule has 1 aromatic heterocycles. The summed E-state index contributed by atoms with van der Waals surface area (Å²) in [6.45, 7) is 0. The smallest absolute Gasteiger partial charge is 0.226 e. The molecule has 5 nitrogen and oxygen atoms in total. The van der Waals surface area contributed by atoms with Crippen molar-refractivity contribution in [3.8, 4) is 17.4 Å². The largest absolute Gasteiger partial charge is 0.495 e. The molecule has 1 aliphatic heterocycles. The lowest BCUT2D eigenvalue weighted by molar-refractivity contribution is 0.400. The Labute approximate surface area is 118 Å². The fourth-order valence-electron chi connectivity index (χ4n) is 2.11. The van der Waals surface area contributed by atoms with E-state index in [1.54, 1.807) is 13.2 Å². The van der Waals surface area contributed by atoms with Crippen LogP contribution in [0.5, 0.6) is 17.4 Å². The molecule has 0 atom stereocenters. The van der Waals surface area contributed by atoms with Crippen molar-refractivity contribution in [3.63, 3.8) is 0 Å². The van der Waals surface area contributed by atoms with Crippen molar-refractivity contribution in [2.24, 2.45) is 0 Å². The van der Waals surface area contributed by atoms with Crippen molar-refractivity contribution in [2.45, 2.75) is 6.42 Å². The Morgan fingerprint density at radius 2 is 2.11 bits per heavy atom. The third-order valence-corrected chi connectivity index (χ3v) is 3.67. The number of hydrogen-bond acceptors (Lipinski definition) is 5. The van der Waals surface area contributed by atoms with Crippen LogP contribution in [-0.2, 0) is 6.42 Å². The van der Waals surface area contributed by atoms with E-state index < -0.39 is 0 Å². The molecule has 2 heterocycles. The van der Waals surface area contributed by atoms with Gasteiger partial charge in [0.2, 0.25) is 5.88 Å². The number of benzene rings is 1. The van der Waals surface area contributed by atoms with Gasteiger partial charge in [-0.1, -0.05) is 0 Å². The second kappa shape index (κ2) is 4.31. The van der Waals surface area contributed by atoms with Gasteiger partial charge in [-0.05, 0) is 22.0 Å². The monoisotopic (exact) mass is 321 g/mol. The Morgan fingerprint density at radius 1 is 1.32 bits per heavy atom. The molecule has 0 bridgehead atoms. The van der Waals surface area contributed by atoms with Crippen molar-refractivity contribution in [3.05, 3.63) is 33.8 Å². The van der Waals surface area contributed by atoms with E-state index in [1.807, 2.05) is 12.1 Å². The summed E-state index contributed by atoms with van der Waals surface area (Å²) in [5.41, 5.74) is 14.1. The van der Waals surface area contributed by atoms with Crippen molar-refractivity contribution in [2.75, 3.05) is 18.6 Å². The maximum absolute atomic E-state index is 5.96. The molecule has 3 rings (SSSR count). The fourth-order valence-corrected chi connectivity index (χ4v) is 2.66. The third-order valence-electron chi connectivity index (χ3n) is 3.05. The molecular weight excluding hydrogens is 310 g/mol. The number of methoxy groups -OCH3 is 1. The Morgan fingerprint density at radius 3 is 2.84 bits per heavy atom. The molecule has 2 aromatic rings. The van der Waals surface area contributed by atoms with Gasteiger partial charge in [0, 0.05) is 35.4 Å². The molecule has 0 radical (unpaired) electrons. The molecule has 19 heavy (non-hydrogen) atoms. The number of nitrogen functional groups attached to an aromatic ring is 2. The highest BCUT2D eigenvalue weighted by Gasteiger charge is 2.22. The molecule has 0 amide bonds. The van der Waals surface area contributed by atoms with E-state index in [-0.39, 0.29) is 0 Å². The summed E-state index contributed by atoms with van der Waals surface area (Å²) in [5, 5.41) is 0. The van der Waals surface area contributed by atoms with Crippen LogP contribution in [0.25, 0.3) is 0 Å². The van der Waals surface area contributed by atoms with Crippen molar-refractivity contribution in [1.82, 2.24) is 4.98 Å². The van der Waals surface area contributed by atoms with E-state index in [1.165, 1.54) is 0 Å². The minimum Gasteiger partial charge on any atom is -0.495 e. The Balaban J connectivity index is 2.11. The van der Waals surface area contributed by atoms with Crippen LogP contribution in [0.4, 0.5) is 11.5 Å². The number of nitrogens with two attached hydrogens (primary N) is 2. The van der Waals surface area contributed by atoms with Gasteiger partial charge >= 0.3 is 0 Å². The Bertz CT molecular complexity index is 673. The van der Waals surface area contributed by atoms with Gasteiger partial charge in [-0.25, -0.2) is 0 Å². The Kier molecular flexibility index (Phi) is 2.74. The second-order valence-corrected chi connectivity index (χ2v) is 5.15. The number of halogens is 1. The number of fused-ring (bicyclic) bond motifs is 2. The van der Waals surface area contributed by atoms with E-state index in [4.69, 9.17) is 20.9 Å². The second-order valence-electron chi connectivity index (χ2n) is 4.29. The number of anilines is 2. The summed E-state index contributed by atoms with van der Waals surface area (Å²) in [4.78, 5) is 4.17. The highest BCUT2D eigenvalue weighted by Crippen LogP contribution is 2.42. The molecule has 4 N–H and O–H groups in total. The molecule has 98 valence electrons. The predicted octanol–water partition coefficient (Wildman–Crippen LogP) is 2.71. The molecule has 0 aliphatic carbocycles. The van der Waals surface area contributed by atoms with Crippen molar-refractivity contribution >= 4 is 27.4 Å². The van der Waals surface area contributed by atoms with Gasteiger partial charge in [0.25, 0.3) is 0 Å². The minimum absolute atomic E-state index is 0.351. The summed E-state index contributed by atoms with van der Waals surface area (Å²) in [5.74, 6) is 2.24. The van der Waals surface area contributed by atoms with Gasteiger partial charge in [0.1, 0.15) is 17.3 Å². The average Bonchev–Trinajstić information content (AvgIpc) is 2.36. The number of hydrogen-bond donors (Lipinski definition) is 2. The molecule has 1 aliphatic rings. The lowest BCUT2D eigenvalue weighted by Gasteiger charge is -2.21. The first-order valence-corrected chi connectivity index (χ1v) is 6.47. The molecular formula is C13H12BrN3O2. The van der Waals surface area contributed by atoms with Crippen LogP contribution in [0.2, 0.25) is 0 Å². The lowest BCUT2D eigenvalue weighted by Crippen LogP contribution is -2.09. The number of pyridine rings is 1. The number of nitrogens with zero attached hydrogens (tertiary/aromatic N) is 1. The zero-order chi connectivity index (χ0) is 13.6. The van der Waals surface area contributed by atoms with E-state index in [2.05, 4.69) is 20.9 Å². The summed E-state index contributed by atoms with van der Waals surface area (Å²) >= 11 is 3.46. The van der Waals surface area contributed by atoms with Crippen molar-refractivity contribution < 1.29 is 9.47 Å². The molecule has 0 spiro atoms. The SMILES string of the molecule is COc1cc2c(cc1Br)Cc1c(N)cc(N)nc1O2. The molecule has 0 fully saturated rings. The van der Waals surface area contributed by atoms with E-state index in [0.29, 0.717) is 35.3 Å². The third kappa shape index (κ3) is 1.98. The highest BCUT2D eigenvalue weighted by molar-refractivity contribution is 9.10. The molecule has 0 saturated heterocycles. The first-order valence-electron chi connectivity index (χ1n) is 5.67.